The Kier molecular flexibility index (Phi) is 1.78. The van der Waals surface area contributed by atoms with Crippen molar-refractivity contribution < 1.29 is 4.79 Å². The summed E-state index contributed by atoms with van der Waals surface area (Å²) in [6, 6.07) is 8.82. The standard InChI is InChI=1S/C15H17NO/c17-14-9-15(16-14)12-5-6-13(15)8-11-4-2-1-3-10(11)7-12/h1-4,12-13H,5-9H2,(H,16,17). The van der Waals surface area contributed by atoms with E-state index in [1.807, 2.05) is 0 Å². The molecule has 0 aromatic heterocycles. The van der Waals surface area contributed by atoms with Gasteiger partial charge in [-0.05, 0) is 48.6 Å². The van der Waals surface area contributed by atoms with E-state index < -0.39 is 0 Å². The summed E-state index contributed by atoms with van der Waals surface area (Å²) in [4.78, 5) is 11.4. The number of carbonyl (C=O) groups excluding carboxylic acids is 1. The molecule has 1 spiro atoms. The maximum absolute atomic E-state index is 11.4. The molecule has 1 amide bonds. The summed E-state index contributed by atoms with van der Waals surface area (Å²) in [7, 11) is 0. The molecule has 2 aliphatic carbocycles. The number of amides is 1. The van der Waals surface area contributed by atoms with Crippen LogP contribution in [-0.4, -0.2) is 11.4 Å². The van der Waals surface area contributed by atoms with Crippen LogP contribution in [0.3, 0.4) is 0 Å². The maximum Gasteiger partial charge on any atom is 0.222 e. The molecule has 1 aromatic carbocycles. The van der Waals surface area contributed by atoms with Gasteiger partial charge < -0.3 is 5.32 Å². The summed E-state index contributed by atoms with van der Waals surface area (Å²) in [5.74, 6) is 1.61. The molecule has 88 valence electrons. The largest absolute Gasteiger partial charge is 0.349 e. The Hall–Kier alpha value is -1.31. The van der Waals surface area contributed by atoms with E-state index in [1.165, 1.54) is 24.0 Å². The lowest BCUT2D eigenvalue weighted by molar-refractivity contribution is -0.136. The van der Waals surface area contributed by atoms with Gasteiger partial charge in [0, 0.05) is 0 Å². The molecule has 1 aliphatic heterocycles. The van der Waals surface area contributed by atoms with E-state index in [0.717, 1.165) is 19.3 Å². The van der Waals surface area contributed by atoms with Crippen LogP contribution in [0.5, 0.6) is 0 Å². The molecule has 2 fully saturated rings. The molecule has 2 bridgehead atoms. The fourth-order valence-electron chi connectivity index (χ4n) is 4.31. The van der Waals surface area contributed by atoms with Gasteiger partial charge in [0.15, 0.2) is 0 Å². The number of hydrogen-bond donors (Lipinski definition) is 1. The number of fused-ring (bicyclic) bond motifs is 1. The van der Waals surface area contributed by atoms with Gasteiger partial charge in [-0.15, -0.1) is 0 Å². The number of nitrogens with one attached hydrogen (secondary N) is 1. The molecule has 1 aromatic rings. The zero-order valence-corrected chi connectivity index (χ0v) is 9.91. The molecule has 1 saturated heterocycles. The Morgan fingerprint density at radius 3 is 2.06 bits per heavy atom. The molecule has 0 radical (unpaired) electrons. The molecule has 1 heterocycles. The van der Waals surface area contributed by atoms with E-state index in [-0.39, 0.29) is 11.4 Å². The molecule has 4 rings (SSSR count). The van der Waals surface area contributed by atoms with E-state index in [9.17, 15) is 4.79 Å². The summed E-state index contributed by atoms with van der Waals surface area (Å²) in [6.07, 6.45) is 5.68. The van der Waals surface area contributed by atoms with Crippen molar-refractivity contribution in [3.8, 4) is 0 Å². The molecular weight excluding hydrogens is 210 g/mol. The molecular formula is C15H17NO. The zero-order chi connectivity index (χ0) is 11.5. The van der Waals surface area contributed by atoms with Crippen molar-refractivity contribution in [3.63, 3.8) is 0 Å². The van der Waals surface area contributed by atoms with E-state index in [0.29, 0.717) is 11.8 Å². The predicted octanol–water partition coefficient (Wildman–Crippen LogP) is 2.07. The van der Waals surface area contributed by atoms with Crippen LogP contribution < -0.4 is 5.32 Å². The van der Waals surface area contributed by atoms with Gasteiger partial charge in [-0.25, -0.2) is 0 Å². The average molecular weight is 227 g/mol. The monoisotopic (exact) mass is 227 g/mol. The van der Waals surface area contributed by atoms with Crippen molar-refractivity contribution in [1.82, 2.24) is 5.32 Å². The third-order valence-corrected chi connectivity index (χ3v) is 5.20. The number of carbonyl (C=O) groups is 1. The Bertz CT molecular complexity index is 450. The van der Waals surface area contributed by atoms with E-state index in [1.54, 1.807) is 0 Å². The van der Waals surface area contributed by atoms with Crippen molar-refractivity contribution in [2.24, 2.45) is 11.8 Å². The molecule has 2 atom stereocenters. The predicted molar refractivity (Wildman–Crippen MR) is 65.6 cm³/mol. The molecule has 2 heteroatoms. The van der Waals surface area contributed by atoms with Crippen LogP contribution in [0.2, 0.25) is 0 Å². The fourth-order valence-corrected chi connectivity index (χ4v) is 4.31. The van der Waals surface area contributed by atoms with Crippen molar-refractivity contribution in [1.29, 1.82) is 0 Å². The minimum atomic E-state index is 0.163. The highest BCUT2D eigenvalue weighted by Gasteiger charge is 2.57. The summed E-state index contributed by atoms with van der Waals surface area (Å²) < 4.78 is 0. The maximum atomic E-state index is 11.4. The lowest BCUT2D eigenvalue weighted by atomic mass is 9.71. The average Bonchev–Trinajstić information content (AvgIpc) is 2.52. The highest BCUT2D eigenvalue weighted by atomic mass is 16.2. The second kappa shape index (κ2) is 3.12. The van der Waals surface area contributed by atoms with Crippen molar-refractivity contribution >= 4 is 5.91 Å². The Labute approximate surface area is 101 Å². The minimum Gasteiger partial charge on any atom is -0.349 e. The van der Waals surface area contributed by atoms with Gasteiger partial charge in [0.25, 0.3) is 0 Å². The molecule has 2 nitrogen and oxygen atoms in total. The topological polar surface area (TPSA) is 29.1 Å². The molecule has 1 saturated carbocycles. The Morgan fingerprint density at radius 2 is 1.59 bits per heavy atom. The first-order valence-corrected chi connectivity index (χ1v) is 6.66. The van der Waals surface area contributed by atoms with Gasteiger partial charge >= 0.3 is 0 Å². The Balaban J connectivity index is 1.76. The van der Waals surface area contributed by atoms with Crippen molar-refractivity contribution in [2.75, 3.05) is 0 Å². The van der Waals surface area contributed by atoms with Gasteiger partial charge in [0.1, 0.15) is 0 Å². The van der Waals surface area contributed by atoms with Crippen LogP contribution in [0.25, 0.3) is 0 Å². The summed E-state index contributed by atoms with van der Waals surface area (Å²) in [5, 5.41) is 3.26. The number of β-lactam (4-membered cyclic amide) rings is 1. The molecule has 17 heavy (non-hydrogen) atoms. The van der Waals surface area contributed by atoms with Crippen LogP contribution >= 0.6 is 0 Å². The molecule has 1 N–H and O–H groups in total. The van der Waals surface area contributed by atoms with E-state index in [2.05, 4.69) is 29.6 Å². The van der Waals surface area contributed by atoms with Crippen LogP contribution in [0, 0.1) is 11.8 Å². The quantitative estimate of drug-likeness (QED) is 0.675. The molecule has 3 aliphatic rings. The zero-order valence-electron chi connectivity index (χ0n) is 9.91. The van der Waals surface area contributed by atoms with Crippen molar-refractivity contribution in [3.05, 3.63) is 35.4 Å². The SMILES string of the molecule is O=C1CC2(N1)C1CCC2Cc2ccccc2C1. The smallest absolute Gasteiger partial charge is 0.222 e. The van der Waals surface area contributed by atoms with Crippen LogP contribution in [0.15, 0.2) is 24.3 Å². The minimum absolute atomic E-state index is 0.163. The van der Waals surface area contributed by atoms with Crippen LogP contribution in [0.1, 0.15) is 30.4 Å². The van der Waals surface area contributed by atoms with Gasteiger partial charge in [-0.2, -0.15) is 0 Å². The fraction of sp³-hybridized carbons (Fsp3) is 0.533. The highest BCUT2D eigenvalue weighted by Crippen LogP contribution is 2.51. The van der Waals surface area contributed by atoms with E-state index in [4.69, 9.17) is 0 Å². The van der Waals surface area contributed by atoms with Crippen molar-refractivity contribution in [2.45, 2.75) is 37.6 Å². The van der Waals surface area contributed by atoms with Gasteiger partial charge in [0.05, 0.1) is 12.0 Å². The number of rotatable bonds is 0. The van der Waals surface area contributed by atoms with E-state index >= 15 is 0 Å². The van der Waals surface area contributed by atoms with Crippen LogP contribution in [-0.2, 0) is 17.6 Å². The lowest BCUT2D eigenvalue weighted by Gasteiger charge is -2.47. The van der Waals surface area contributed by atoms with Gasteiger partial charge in [-0.1, -0.05) is 24.3 Å². The first-order chi connectivity index (χ1) is 8.28. The van der Waals surface area contributed by atoms with Gasteiger partial charge in [0.2, 0.25) is 5.91 Å². The second-order valence-corrected chi connectivity index (χ2v) is 5.91. The van der Waals surface area contributed by atoms with Gasteiger partial charge in [-0.3, -0.25) is 4.79 Å². The number of benzene rings is 1. The summed E-state index contributed by atoms with van der Waals surface area (Å²) in [5.41, 5.74) is 3.19. The lowest BCUT2D eigenvalue weighted by Crippen LogP contribution is -2.66. The summed E-state index contributed by atoms with van der Waals surface area (Å²) in [6.45, 7) is 0. The third kappa shape index (κ3) is 1.18. The first-order valence-electron chi connectivity index (χ1n) is 6.66. The highest BCUT2D eigenvalue weighted by molar-refractivity contribution is 5.85. The molecule has 2 unspecified atom stereocenters. The normalized spacial score (nSPS) is 38.2. The third-order valence-electron chi connectivity index (χ3n) is 5.20. The van der Waals surface area contributed by atoms with Crippen LogP contribution in [0.4, 0.5) is 0 Å². The Morgan fingerprint density at radius 1 is 1.06 bits per heavy atom. The summed E-state index contributed by atoms with van der Waals surface area (Å²) >= 11 is 0. The number of hydrogen-bond acceptors (Lipinski definition) is 1. The first kappa shape index (κ1) is 9.69. The second-order valence-electron chi connectivity index (χ2n) is 5.91.